The van der Waals surface area contributed by atoms with Gasteiger partial charge in [-0.1, -0.05) is 151 Å². The zero-order chi connectivity index (χ0) is 44.7. The van der Waals surface area contributed by atoms with Gasteiger partial charge in [-0.3, -0.25) is 4.57 Å². The molecule has 1 aliphatic carbocycles. The average molecular weight is 1040 g/mol. The van der Waals surface area contributed by atoms with E-state index in [4.69, 9.17) is 9.72 Å². The summed E-state index contributed by atoms with van der Waals surface area (Å²) in [6.45, 7) is 16.3. The number of para-hydroxylation sites is 3. The van der Waals surface area contributed by atoms with Crippen LogP contribution in [0.3, 0.4) is 0 Å². The molecule has 1 aliphatic rings. The molecular weight excluding hydrogens is 988 g/mol. The van der Waals surface area contributed by atoms with Crippen LogP contribution >= 0.6 is 0 Å². The van der Waals surface area contributed by atoms with Gasteiger partial charge in [0.1, 0.15) is 5.82 Å². The minimum Gasteiger partial charge on any atom is -0.510 e. The molecule has 0 saturated heterocycles. The van der Waals surface area contributed by atoms with Gasteiger partial charge >= 0.3 is 0 Å². The molecule has 0 aliphatic heterocycles. The molecule has 66 heavy (non-hydrogen) atoms. The summed E-state index contributed by atoms with van der Waals surface area (Å²) < 4.78 is 13.1. The van der Waals surface area contributed by atoms with Crippen molar-refractivity contribution in [2.75, 3.05) is 0 Å². The Hall–Kier alpha value is -6.55. The quantitative estimate of drug-likeness (QED) is 0.118. The molecule has 0 amide bonds. The number of nitrogens with zero attached hydrogens (tertiary/aromatic N) is 4. The van der Waals surface area contributed by atoms with Gasteiger partial charge in [0, 0.05) is 44.3 Å². The predicted molar refractivity (Wildman–Crippen MR) is 265 cm³/mol. The van der Waals surface area contributed by atoms with Gasteiger partial charge in [0.05, 0.1) is 16.7 Å². The number of rotatable bonds is 7. The van der Waals surface area contributed by atoms with Crippen molar-refractivity contribution in [3.05, 3.63) is 199 Å². The Kier molecular flexibility index (Phi) is 10.8. The molecule has 0 unspecified atom stereocenters. The smallest absolute Gasteiger partial charge is 0.268 e. The molecule has 3 heterocycles. The number of pyridine rings is 1. The van der Waals surface area contributed by atoms with Crippen molar-refractivity contribution in [1.29, 1.82) is 0 Å². The maximum atomic E-state index is 6.66. The van der Waals surface area contributed by atoms with E-state index in [2.05, 4.69) is 220 Å². The van der Waals surface area contributed by atoms with Crippen molar-refractivity contribution >= 4 is 32.8 Å². The van der Waals surface area contributed by atoms with Gasteiger partial charge in [-0.05, 0) is 109 Å². The summed E-state index contributed by atoms with van der Waals surface area (Å²) in [6.07, 6.45) is 8.01. The largest absolute Gasteiger partial charge is 0.510 e. The minimum absolute atomic E-state index is 0. The van der Waals surface area contributed by atoms with Gasteiger partial charge in [-0.2, -0.15) is 18.2 Å². The maximum Gasteiger partial charge on any atom is 0.268 e. The minimum atomic E-state index is -0.0264. The van der Waals surface area contributed by atoms with Crippen molar-refractivity contribution in [3.63, 3.8) is 0 Å². The molecule has 0 bridgehead atoms. The average Bonchev–Trinajstić information content (AvgIpc) is 3.87. The monoisotopic (exact) mass is 1040 g/mol. The van der Waals surface area contributed by atoms with Crippen LogP contribution in [0.2, 0.25) is 0 Å². The van der Waals surface area contributed by atoms with Crippen LogP contribution in [0.25, 0.3) is 72.3 Å². The molecule has 10 aromatic rings. The molecule has 0 spiro atoms. The topological polar surface area (TPSA) is 35.9 Å². The van der Waals surface area contributed by atoms with Gasteiger partial charge < -0.3 is 13.9 Å². The SMILES string of the molecule is CC(C)(C)c1ccnc(-n2c3[c-]c(Oc4[c-]c(-n5[c-][n+](-c6ccccc6)c6c(-c7ccccc7-c7ccc8c(c7)C(C)(C)CCC8(C)C)cccc65)ccc4)ccc3c3ccccc32)c1.[Pt]. The molecule has 0 N–H and O–H groups in total. The van der Waals surface area contributed by atoms with Crippen LogP contribution in [-0.2, 0) is 37.3 Å². The first-order valence-corrected chi connectivity index (χ1v) is 22.8. The van der Waals surface area contributed by atoms with Crippen LogP contribution < -0.4 is 9.30 Å². The van der Waals surface area contributed by atoms with Crippen molar-refractivity contribution < 1.29 is 30.4 Å². The number of ether oxygens (including phenoxy) is 1. The van der Waals surface area contributed by atoms with Crippen LogP contribution in [0.1, 0.15) is 78.0 Å². The second kappa shape index (κ2) is 16.4. The summed E-state index contributed by atoms with van der Waals surface area (Å²) in [5, 5.41) is 2.23. The molecule has 11 rings (SSSR count). The van der Waals surface area contributed by atoms with E-state index in [0.717, 1.165) is 55.6 Å². The summed E-state index contributed by atoms with van der Waals surface area (Å²) in [5.74, 6) is 2.02. The summed E-state index contributed by atoms with van der Waals surface area (Å²) in [5.41, 5.74) is 15.0. The third kappa shape index (κ3) is 7.48. The second-order valence-corrected chi connectivity index (χ2v) is 19.9. The number of hydrogen-bond acceptors (Lipinski definition) is 2. The van der Waals surface area contributed by atoms with Crippen molar-refractivity contribution in [2.45, 2.75) is 77.6 Å². The van der Waals surface area contributed by atoms with E-state index in [1.54, 1.807) is 0 Å². The van der Waals surface area contributed by atoms with Crippen LogP contribution in [0, 0.1) is 18.5 Å². The standard InChI is InChI=1S/C60H52N4O.Pt/c1-58(2,3)41-31-34-61-56(36-41)64-53-25-14-13-23-48(53)49-29-28-45(38-55(49)64)65-44-20-15-19-43(37-44)62-39-63(42-17-9-8-10-18-42)57-50(24-16-26-54(57)62)47-22-12-11-21-46(47)40-27-30-51-52(35-40)60(6,7)33-32-59(51,4)5;/h8-31,34-36H,32-33H2,1-7H3;/q-2;. The Morgan fingerprint density at radius 1 is 0.606 bits per heavy atom. The van der Waals surface area contributed by atoms with Gasteiger partial charge in [0.15, 0.2) is 0 Å². The van der Waals surface area contributed by atoms with E-state index in [0.29, 0.717) is 11.5 Å². The first-order valence-electron chi connectivity index (χ1n) is 22.8. The number of benzene rings is 7. The Morgan fingerprint density at radius 2 is 1.29 bits per heavy atom. The Balaban J connectivity index is 0.00000511. The molecule has 0 radical (unpaired) electrons. The number of aromatic nitrogens is 4. The summed E-state index contributed by atoms with van der Waals surface area (Å²) >= 11 is 0. The summed E-state index contributed by atoms with van der Waals surface area (Å²) in [6, 6.07) is 63.2. The van der Waals surface area contributed by atoms with Gasteiger partial charge in [-0.25, -0.2) is 4.98 Å². The molecule has 5 nitrogen and oxygen atoms in total. The van der Waals surface area contributed by atoms with Crippen LogP contribution in [-0.4, -0.2) is 14.1 Å². The van der Waals surface area contributed by atoms with Crippen molar-refractivity contribution in [3.8, 4) is 50.9 Å². The fourth-order valence-electron chi connectivity index (χ4n) is 9.96. The van der Waals surface area contributed by atoms with Crippen LogP contribution in [0.15, 0.2) is 164 Å². The van der Waals surface area contributed by atoms with E-state index in [1.807, 2.05) is 24.4 Å². The maximum absolute atomic E-state index is 6.66. The van der Waals surface area contributed by atoms with E-state index in [-0.39, 0.29) is 37.3 Å². The zero-order valence-electron chi connectivity index (χ0n) is 38.5. The molecule has 6 heteroatoms. The molecule has 0 saturated carbocycles. The summed E-state index contributed by atoms with van der Waals surface area (Å²) in [7, 11) is 0. The fraction of sp³-hybridized carbons (Fsp3) is 0.200. The molecule has 0 atom stereocenters. The molecule has 7 aromatic carbocycles. The zero-order valence-corrected chi connectivity index (χ0v) is 40.8. The molecule has 3 aromatic heterocycles. The molecule has 330 valence electrons. The van der Waals surface area contributed by atoms with Gasteiger partial charge in [-0.15, -0.1) is 29.7 Å². The third-order valence-corrected chi connectivity index (χ3v) is 13.7. The Morgan fingerprint density at radius 3 is 2.09 bits per heavy atom. The van der Waals surface area contributed by atoms with Crippen molar-refractivity contribution in [2.24, 2.45) is 0 Å². The van der Waals surface area contributed by atoms with E-state index < -0.39 is 0 Å². The number of fused-ring (bicyclic) bond motifs is 5. The Labute approximate surface area is 402 Å². The number of hydrogen-bond donors (Lipinski definition) is 0. The number of imidazole rings is 1. The Bertz CT molecular complexity index is 3460. The van der Waals surface area contributed by atoms with Crippen molar-refractivity contribution in [1.82, 2.24) is 14.1 Å². The first-order chi connectivity index (χ1) is 31.3. The van der Waals surface area contributed by atoms with E-state index in [1.165, 1.54) is 46.2 Å². The summed E-state index contributed by atoms with van der Waals surface area (Å²) in [4.78, 5) is 4.86. The van der Waals surface area contributed by atoms with E-state index >= 15 is 0 Å². The van der Waals surface area contributed by atoms with E-state index in [9.17, 15) is 0 Å². The third-order valence-electron chi connectivity index (χ3n) is 13.7. The first kappa shape index (κ1) is 43.3. The second-order valence-electron chi connectivity index (χ2n) is 19.9. The van der Waals surface area contributed by atoms with Crippen LogP contribution in [0.4, 0.5) is 0 Å². The normalized spacial score (nSPS) is 14.3. The van der Waals surface area contributed by atoms with Gasteiger partial charge in [0.2, 0.25) is 0 Å². The van der Waals surface area contributed by atoms with Crippen LogP contribution in [0.5, 0.6) is 11.5 Å². The molecule has 0 fully saturated rings. The molecular formula is C60H52N4OPt-2. The van der Waals surface area contributed by atoms with Gasteiger partial charge in [0.25, 0.3) is 6.33 Å². The fourth-order valence-corrected chi connectivity index (χ4v) is 9.96. The predicted octanol–water partition coefficient (Wildman–Crippen LogP) is 14.6.